The van der Waals surface area contributed by atoms with E-state index in [2.05, 4.69) is 33.2 Å². The summed E-state index contributed by atoms with van der Waals surface area (Å²) in [5.41, 5.74) is 9.64. The van der Waals surface area contributed by atoms with Crippen LogP contribution in [0.25, 0.3) is 15.8 Å². The van der Waals surface area contributed by atoms with Gasteiger partial charge in [0.25, 0.3) is 0 Å². The number of likely N-dealkylation sites (tertiary alicyclic amines) is 1. The number of aromatic nitrogens is 2. The predicted molar refractivity (Wildman–Crippen MR) is 108 cm³/mol. The van der Waals surface area contributed by atoms with Crippen LogP contribution in [0.1, 0.15) is 38.2 Å². The molecule has 5 heterocycles. The van der Waals surface area contributed by atoms with E-state index >= 15 is 0 Å². The summed E-state index contributed by atoms with van der Waals surface area (Å²) in [4.78, 5) is 11.2. The second-order valence-electron chi connectivity index (χ2n) is 7.39. The molecule has 1 unspecified atom stereocenters. The lowest BCUT2D eigenvalue weighted by Crippen LogP contribution is -2.51. The maximum Gasteiger partial charge on any atom is 0.170 e. The summed E-state index contributed by atoms with van der Waals surface area (Å²) in [6.07, 6.45) is 7.98. The molecule has 1 spiro atoms. The third kappa shape index (κ3) is 2.91. The lowest BCUT2D eigenvalue weighted by atomic mass is 9.95. The fourth-order valence-electron chi connectivity index (χ4n) is 4.45. The second kappa shape index (κ2) is 6.70. The number of piperidine rings is 1. The number of nitrogens with zero attached hydrogens (tertiary/aromatic N) is 3. The molecule has 144 valence electrons. The minimum absolute atomic E-state index is 0.274. The van der Waals surface area contributed by atoms with Crippen LogP contribution in [0.5, 0.6) is 0 Å². The van der Waals surface area contributed by atoms with E-state index in [1.165, 1.54) is 11.1 Å². The van der Waals surface area contributed by atoms with E-state index in [4.69, 9.17) is 15.2 Å². The number of hydrogen-bond donors (Lipinski definition) is 2. The van der Waals surface area contributed by atoms with E-state index in [0.29, 0.717) is 5.82 Å². The van der Waals surface area contributed by atoms with Gasteiger partial charge in [0.15, 0.2) is 5.79 Å². The summed E-state index contributed by atoms with van der Waals surface area (Å²) in [5.74, 6) is 0.226. The number of thiophene rings is 1. The highest BCUT2D eigenvalue weighted by atomic mass is 32.1. The van der Waals surface area contributed by atoms with Gasteiger partial charge in [-0.3, -0.25) is 4.90 Å². The normalized spacial score (nSPS) is 26.6. The molecular formula is C19H25N5O2S. The van der Waals surface area contributed by atoms with Crippen molar-refractivity contribution in [2.45, 2.75) is 44.6 Å². The van der Waals surface area contributed by atoms with E-state index in [0.717, 1.165) is 67.2 Å². The molecule has 3 aliphatic rings. The first kappa shape index (κ1) is 17.4. The average Bonchev–Trinajstić information content (AvgIpc) is 3.28. The van der Waals surface area contributed by atoms with Gasteiger partial charge >= 0.3 is 0 Å². The molecule has 27 heavy (non-hydrogen) atoms. The van der Waals surface area contributed by atoms with Crippen LogP contribution in [0.2, 0.25) is 0 Å². The smallest absolute Gasteiger partial charge is 0.170 e. The summed E-state index contributed by atoms with van der Waals surface area (Å²) < 4.78 is 12.7. The Hall–Kier alpha value is -1.74. The molecule has 0 radical (unpaired) electrons. The number of nitrogens with one attached hydrogen (secondary N) is 1. The number of rotatable bonds is 2. The molecule has 8 heteroatoms. The van der Waals surface area contributed by atoms with Gasteiger partial charge in [-0.2, -0.15) is 0 Å². The molecule has 1 atom stereocenters. The predicted octanol–water partition coefficient (Wildman–Crippen LogP) is 3.05. The Morgan fingerprint density at radius 1 is 1.33 bits per heavy atom. The first-order valence-corrected chi connectivity index (χ1v) is 10.5. The van der Waals surface area contributed by atoms with Gasteiger partial charge in [0.05, 0.1) is 29.6 Å². The van der Waals surface area contributed by atoms with Gasteiger partial charge < -0.3 is 20.5 Å². The third-order valence-corrected chi connectivity index (χ3v) is 6.93. The van der Waals surface area contributed by atoms with Crippen LogP contribution in [-0.2, 0) is 9.47 Å². The Labute approximate surface area is 162 Å². The quantitative estimate of drug-likeness (QED) is 0.819. The second-order valence-corrected chi connectivity index (χ2v) is 8.41. The van der Waals surface area contributed by atoms with Crippen molar-refractivity contribution in [1.82, 2.24) is 14.9 Å². The number of nitrogens with two attached hydrogens (primary N) is 1. The summed E-state index contributed by atoms with van der Waals surface area (Å²) >= 11 is 1.66. The molecule has 0 aliphatic carbocycles. The Kier molecular flexibility index (Phi) is 4.31. The van der Waals surface area contributed by atoms with Crippen molar-refractivity contribution in [3.63, 3.8) is 0 Å². The molecular weight excluding hydrogens is 362 g/mol. The van der Waals surface area contributed by atoms with Gasteiger partial charge in [-0.1, -0.05) is 13.0 Å². The zero-order valence-corrected chi connectivity index (χ0v) is 16.3. The molecule has 2 aromatic heterocycles. The number of fused-ring (bicyclic) bond motifs is 3. The fourth-order valence-corrected chi connectivity index (χ4v) is 5.59. The molecule has 3 aliphatic heterocycles. The van der Waals surface area contributed by atoms with E-state index in [1.54, 1.807) is 17.7 Å². The van der Waals surface area contributed by atoms with E-state index in [9.17, 15) is 0 Å². The van der Waals surface area contributed by atoms with Gasteiger partial charge in [-0.15, -0.1) is 11.3 Å². The maximum atomic E-state index is 6.11. The summed E-state index contributed by atoms with van der Waals surface area (Å²) in [6, 6.07) is 0. The number of allylic oxidation sites excluding steroid dienone is 1. The Balaban J connectivity index is 1.44. The lowest BCUT2D eigenvalue weighted by molar-refractivity contribution is -0.187. The molecule has 2 fully saturated rings. The van der Waals surface area contributed by atoms with E-state index in [-0.39, 0.29) is 12.0 Å². The van der Waals surface area contributed by atoms with Crippen molar-refractivity contribution in [2.24, 2.45) is 0 Å². The number of anilines is 2. The number of ether oxygens (including phenoxy) is 2. The van der Waals surface area contributed by atoms with Crippen molar-refractivity contribution < 1.29 is 9.47 Å². The highest BCUT2D eigenvalue weighted by molar-refractivity contribution is 7.23. The van der Waals surface area contributed by atoms with Gasteiger partial charge in [-0.05, 0) is 12.0 Å². The Morgan fingerprint density at radius 2 is 2.11 bits per heavy atom. The first-order chi connectivity index (χ1) is 13.2. The van der Waals surface area contributed by atoms with Gasteiger partial charge in [0.2, 0.25) is 0 Å². The van der Waals surface area contributed by atoms with Gasteiger partial charge in [0, 0.05) is 37.9 Å². The van der Waals surface area contributed by atoms with Crippen LogP contribution in [0.15, 0.2) is 12.4 Å². The molecule has 3 N–H and O–H groups in total. The Bertz CT molecular complexity index is 880. The maximum absolute atomic E-state index is 6.11. The van der Waals surface area contributed by atoms with Crippen LogP contribution in [0.3, 0.4) is 0 Å². The van der Waals surface area contributed by atoms with Crippen LogP contribution in [0.4, 0.5) is 10.8 Å². The van der Waals surface area contributed by atoms with Crippen LogP contribution < -0.4 is 11.1 Å². The average molecular weight is 388 g/mol. The number of hydrogen-bond acceptors (Lipinski definition) is 8. The highest BCUT2D eigenvalue weighted by Crippen LogP contribution is 2.46. The first-order valence-electron chi connectivity index (χ1n) is 9.70. The minimum Gasteiger partial charge on any atom is -0.382 e. The molecule has 0 aromatic carbocycles. The zero-order valence-electron chi connectivity index (χ0n) is 15.5. The minimum atomic E-state index is -0.333. The SMILES string of the molecule is CC/C=C1\CC(N2CCC3(CC2)OCCO3)Nc2sc3c(N)ncnc3c21. The molecule has 0 amide bonds. The van der Waals surface area contributed by atoms with Crippen molar-refractivity contribution in [2.75, 3.05) is 37.4 Å². The zero-order chi connectivity index (χ0) is 18.4. The molecule has 0 bridgehead atoms. The van der Waals surface area contributed by atoms with Gasteiger partial charge in [0.1, 0.15) is 17.1 Å². The van der Waals surface area contributed by atoms with Crippen molar-refractivity contribution in [3.05, 3.63) is 18.0 Å². The Morgan fingerprint density at radius 3 is 2.85 bits per heavy atom. The molecule has 0 saturated carbocycles. The lowest BCUT2D eigenvalue weighted by Gasteiger charge is -2.43. The third-order valence-electron chi connectivity index (χ3n) is 5.80. The number of nitrogen functional groups attached to an aromatic ring is 1. The molecule has 5 rings (SSSR count). The topological polar surface area (TPSA) is 85.5 Å². The molecule has 7 nitrogen and oxygen atoms in total. The van der Waals surface area contributed by atoms with Crippen molar-refractivity contribution in [1.29, 1.82) is 0 Å². The van der Waals surface area contributed by atoms with E-state index < -0.39 is 0 Å². The summed E-state index contributed by atoms with van der Waals surface area (Å²) in [6.45, 7) is 5.57. The van der Waals surface area contributed by atoms with E-state index in [1.807, 2.05) is 0 Å². The largest absolute Gasteiger partial charge is 0.382 e. The molecule has 2 saturated heterocycles. The standard InChI is InChI=1S/C19H25N5O2S/c1-2-3-12-10-13(24-6-4-19(5-7-24)25-8-9-26-19)23-18-14(12)15-16(27-18)17(20)22-11-21-15/h3,11,13,23H,2,4-10H2,1H3,(H2,20,21,22)/b12-3+. The summed E-state index contributed by atoms with van der Waals surface area (Å²) in [5, 5.41) is 4.90. The van der Waals surface area contributed by atoms with Gasteiger partial charge in [-0.25, -0.2) is 9.97 Å². The summed E-state index contributed by atoms with van der Waals surface area (Å²) in [7, 11) is 0. The van der Waals surface area contributed by atoms with Crippen LogP contribution in [-0.4, -0.2) is 53.1 Å². The fraction of sp³-hybridized carbons (Fsp3) is 0.579. The van der Waals surface area contributed by atoms with Crippen LogP contribution >= 0.6 is 11.3 Å². The van der Waals surface area contributed by atoms with Crippen molar-refractivity contribution >= 4 is 37.9 Å². The van der Waals surface area contributed by atoms with Crippen molar-refractivity contribution in [3.8, 4) is 0 Å². The molecule has 2 aromatic rings. The van der Waals surface area contributed by atoms with Crippen LogP contribution in [0, 0.1) is 0 Å². The highest BCUT2D eigenvalue weighted by Gasteiger charge is 2.42. The monoisotopic (exact) mass is 387 g/mol.